The Balaban J connectivity index is 2.03. The lowest BCUT2D eigenvalue weighted by molar-refractivity contribution is 0.409. The van der Waals surface area contributed by atoms with E-state index in [-0.39, 0.29) is 22.7 Å². The van der Waals surface area contributed by atoms with Gasteiger partial charge in [-0.1, -0.05) is 5.16 Å². The summed E-state index contributed by atoms with van der Waals surface area (Å²) in [5, 5.41) is 3.58. The molecule has 2 aromatic rings. The summed E-state index contributed by atoms with van der Waals surface area (Å²) in [6, 6.07) is 1.38. The van der Waals surface area contributed by atoms with Gasteiger partial charge in [0, 0.05) is 19.0 Å². The van der Waals surface area contributed by atoms with Gasteiger partial charge in [-0.3, -0.25) is 0 Å². The Labute approximate surface area is 117 Å². The maximum Gasteiger partial charge on any atom is 0.244 e. The number of nitrogens with zero attached hydrogens (tertiary/aromatic N) is 2. The van der Waals surface area contributed by atoms with Gasteiger partial charge < -0.3 is 14.7 Å². The van der Waals surface area contributed by atoms with Crippen molar-refractivity contribution < 1.29 is 17.4 Å². The van der Waals surface area contributed by atoms with Crippen LogP contribution in [0.15, 0.2) is 31.0 Å². The second-order valence-electron chi connectivity index (χ2n) is 3.55. The molecule has 0 aliphatic rings. The summed E-state index contributed by atoms with van der Waals surface area (Å²) in [6.07, 6.45) is 1.51. The number of furan rings is 1. The van der Waals surface area contributed by atoms with E-state index in [0.717, 1.165) is 0 Å². The molecule has 0 aliphatic heterocycles. The molecule has 8 nitrogen and oxygen atoms in total. The lowest BCUT2D eigenvalue weighted by Crippen LogP contribution is -2.26. The third kappa shape index (κ3) is 3.41. The molecule has 0 fully saturated rings. The fraction of sp³-hybridized carbons (Fsp3) is 0.333. The highest BCUT2D eigenvalue weighted by molar-refractivity contribution is 9.10. The fourth-order valence-electron chi connectivity index (χ4n) is 1.36. The van der Waals surface area contributed by atoms with E-state index in [4.69, 9.17) is 10.2 Å². The molecular formula is C9H11BrN4O4S. The van der Waals surface area contributed by atoms with Gasteiger partial charge in [0.05, 0.1) is 6.54 Å². The van der Waals surface area contributed by atoms with Crippen molar-refractivity contribution in [3.8, 4) is 0 Å². The Morgan fingerprint density at radius 3 is 2.84 bits per heavy atom. The minimum atomic E-state index is -3.67. The van der Waals surface area contributed by atoms with Crippen LogP contribution in [0, 0.1) is 0 Å². The quantitative estimate of drug-likeness (QED) is 0.772. The standard InChI is InChI=1S/C9H11BrN4O4S/c10-9-7(3-6(4-11)18-9)19(15,16)13-2-1-8-12-5-17-14-8/h3,5,13H,1-2,4,11H2. The molecule has 0 saturated heterocycles. The van der Waals surface area contributed by atoms with Gasteiger partial charge in [-0.25, -0.2) is 13.1 Å². The summed E-state index contributed by atoms with van der Waals surface area (Å²) < 4.78 is 36.2. The van der Waals surface area contributed by atoms with E-state index in [9.17, 15) is 8.42 Å². The zero-order valence-corrected chi connectivity index (χ0v) is 12.1. The zero-order chi connectivity index (χ0) is 13.9. The number of rotatable bonds is 6. The van der Waals surface area contributed by atoms with Crippen molar-refractivity contribution in [2.45, 2.75) is 17.9 Å². The van der Waals surface area contributed by atoms with E-state index in [1.807, 2.05) is 0 Å². The van der Waals surface area contributed by atoms with Gasteiger partial charge in [-0.15, -0.1) is 0 Å². The highest BCUT2D eigenvalue weighted by atomic mass is 79.9. The number of nitrogens with two attached hydrogens (primary N) is 1. The molecule has 2 heterocycles. The Kier molecular flexibility index (Phi) is 4.34. The second-order valence-corrected chi connectivity index (χ2v) is 6.01. The number of nitrogens with one attached hydrogen (secondary N) is 1. The van der Waals surface area contributed by atoms with E-state index in [2.05, 4.69) is 35.3 Å². The summed E-state index contributed by atoms with van der Waals surface area (Å²) in [6.45, 7) is 0.272. The highest BCUT2D eigenvalue weighted by Gasteiger charge is 2.21. The van der Waals surface area contributed by atoms with Crippen LogP contribution >= 0.6 is 15.9 Å². The van der Waals surface area contributed by atoms with Gasteiger partial charge in [0.25, 0.3) is 0 Å². The molecule has 0 saturated carbocycles. The molecular weight excluding hydrogens is 340 g/mol. The fourth-order valence-corrected chi connectivity index (χ4v) is 3.39. The molecule has 104 valence electrons. The van der Waals surface area contributed by atoms with Crippen molar-refractivity contribution >= 4 is 26.0 Å². The van der Waals surface area contributed by atoms with Crippen LogP contribution in [0.25, 0.3) is 0 Å². The summed E-state index contributed by atoms with van der Waals surface area (Å²) in [5.74, 6) is 0.807. The predicted molar refractivity (Wildman–Crippen MR) is 67.5 cm³/mol. The van der Waals surface area contributed by atoms with Gasteiger partial charge in [0.1, 0.15) is 10.7 Å². The van der Waals surface area contributed by atoms with Crippen LogP contribution in [0.3, 0.4) is 0 Å². The van der Waals surface area contributed by atoms with Crippen molar-refractivity contribution in [2.24, 2.45) is 5.73 Å². The number of aromatic nitrogens is 2. The van der Waals surface area contributed by atoms with E-state index in [1.54, 1.807) is 0 Å². The number of hydrogen-bond donors (Lipinski definition) is 2. The average Bonchev–Trinajstić information content (AvgIpc) is 2.98. The number of sulfonamides is 1. The molecule has 0 aromatic carbocycles. The topological polar surface area (TPSA) is 124 Å². The number of hydrogen-bond acceptors (Lipinski definition) is 7. The van der Waals surface area contributed by atoms with Crippen LogP contribution in [0.5, 0.6) is 0 Å². The van der Waals surface area contributed by atoms with Gasteiger partial charge in [0.15, 0.2) is 10.5 Å². The lowest BCUT2D eigenvalue weighted by Gasteiger charge is -2.02. The molecule has 0 amide bonds. The second kappa shape index (κ2) is 5.82. The predicted octanol–water partition coefficient (Wildman–Crippen LogP) is 0.405. The zero-order valence-electron chi connectivity index (χ0n) is 9.67. The van der Waals surface area contributed by atoms with E-state index in [0.29, 0.717) is 18.0 Å². The molecule has 0 spiro atoms. The SMILES string of the molecule is NCc1cc(S(=O)(=O)NCCc2ncon2)c(Br)o1. The van der Waals surface area contributed by atoms with Gasteiger partial charge >= 0.3 is 0 Å². The van der Waals surface area contributed by atoms with Crippen LogP contribution in [0.4, 0.5) is 0 Å². The molecule has 19 heavy (non-hydrogen) atoms. The monoisotopic (exact) mass is 350 g/mol. The van der Waals surface area contributed by atoms with Crippen LogP contribution in [0.1, 0.15) is 11.6 Å². The van der Waals surface area contributed by atoms with E-state index in [1.165, 1.54) is 12.5 Å². The maximum absolute atomic E-state index is 12.0. The molecule has 10 heteroatoms. The molecule has 2 rings (SSSR count). The first-order valence-electron chi connectivity index (χ1n) is 5.26. The Morgan fingerprint density at radius 1 is 1.47 bits per heavy atom. The third-order valence-corrected chi connectivity index (χ3v) is 4.56. The summed E-state index contributed by atoms with van der Waals surface area (Å²) in [5.41, 5.74) is 5.38. The molecule has 0 atom stereocenters. The first kappa shape index (κ1) is 14.2. The Hall–Kier alpha value is -1.23. The molecule has 0 aliphatic carbocycles. The first-order chi connectivity index (χ1) is 9.03. The first-order valence-corrected chi connectivity index (χ1v) is 7.53. The van der Waals surface area contributed by atoms with Crippen LogP contribution < -0.4 is 10.5 Å². The maximum atomic E-state index is 12.0. The van der Waals surface area contributed by atoms with Crippen molar-refractivity contribution in [2.75, 3.05) is 6.54 Å². The van der Waals surface area contributed by atoms with Crippen molar-refractivity contribution in [1.29, 1.82) is 0 Å². The van der Waals surface area contributed by atoms with Crippen molar-refractivity contribution in [3.05, 3.63) is 28.7 Å². The normalized spacial score (nSPS) is 11.9. The van der Waals surface area contributed by atoms with Crippen LogP contribution in [-0.2, 0) is 23.0 Å². The van der Waals surface area contributed by atoms with Crippen LogP contribution in [0.2, 0.25) is 0 Å². The summed E-state index contributed by atoms with van der Waals surface area (Å²) in [4.78, 5) is 3.80. The third-order valence-electron chi connectivity index (χ3n) is 2.24. The van der Waals surface area contributed by atoms with Gasteiger partial charge in [0.2, 0.25) is 16.4 Å². The van der Waals surface area contributed by atoms with Crippen molar-refractivity contribution in [3.63, 3.8) is 0 Å². The molecule has 3 N–H and O–H groups in total. The van der Waals surface area contributed by atoms with Crippen LogP contribution in [-0.4, -0.2) is 25.1 Å². The smallest absolute Gasteiger partial charge is 0.244 e. The summed E-state index contributed by atoms with van der Waals surface area (Å²) >= 11 is 3.04. The van der Waals surface area contributed by atoms with E-state index >= 15 is 0 Å². The Bertz CT molecular complexity index is 637. The Morgan fingerprint density at radius 2 is 2.26 bits per heavy atom. The lowest BCUT2D eigenvalue weighted by atomic mass is 10.4. The van der Waals surface area contributed by atoms with E-state index < -0.39 is 10.0 Å². The molecule has 2 aromatic heterocycles. The van der Waals surface area contributed by atoms with Gasteiger partial charge in [-0.2, -0.15) is 4.98 Å². The minimum Gasteiger partial charge on any atom is -0.452 e. The van der Waals surface area contributed by atoms with Crippen molar-refractivity contribution in [1.82, 2.24) is 14.9 Å². The van der Waals surface area contributed by atoms with Gasteiger partial charge in [-0.05, 0) is 15.9 Å². The minimum absolute atomic E-state index is 0.0149. The molecule has 0 unspecified atom stereocenters. The molecule has 0 bridgehead atoms. The summed E-state index contributed by atoms with van der Waals surface area (Å²) in [7, 11) is -3.67. The highest BCUT2D eigenvalue weighted by Crippen LogP contribution is 2.25. The molecule has 0 radical (unpaired) electrons. The average molecular weight is 351 g/mol. The largest absolute Gasteiger partial charge is 0.452 e. The number of halogens is 1.